The highest BCUT2D eigenvalue weighted by atomic mass is 32.1. The van der Waals surface area contributed by atoms with Crippen LogP contribution in [0.1, 0.15) is 42.2 Å². The lowest BCUT2D eigenvalue weighted by Gasteiger charge is -2.23. The smallest absolute Gasteiger partial charge is 0.220 e. The normalized spacial score (nSPS) is 19.2. The molecule has 2 rings (SSSR count). The Balaban J connectivity index is 1.94. The maximum Gasteiger partial charge on any atom is 0.220 e. The molecule has 3 nitrogen and oxygen atoms in total. The molecule has 0 spiro atoms. The Morgan fingerprint density at radius 3 is 3.31 bits per heavy atom. The molecule has 1 unspecified atom stereocenters. The van der Waals surface area contributed by atoms with E-state index in [-0.39, 0.29) is 11.9 Å². The third-order valence-electron chi connectivity index (χ3n) is 3.00. The first-order chi connectivity index (χ1) is 7.81. The summed E-state index contributed by atoms with van der Waals surface area (Å²) in [5, 5.41) is 5.23. The number of hydrogen-bond donors (Lipinski definition) is 2. The molecule has 88 valence electrons. The molecular formula is C12H18N2OS. The second kappa shape index (κ2) is 5.46. The predicted molar refractivity (Wildman–Crippen MR) is 66.4 cm³/mol. The third-order valence-corrected chi connectivity index (χ3v) is 3.99. The quantitative estimate of drug-likeness (QED) is 0.842. The molecule has 1 aromatic rings. The number of amides is 1. The number of hydrogen-bond acceptors (Lipinski definition) is 3. The molecule has 0 bridgehead atoms. The predicted octanol–water partition coefficient (Wildman–Crippen LogP) is 1.98. The number of thiophene rings is 1. The topological polar surface area (TPSA) is 55.1 Å². The standard InChI is InChI=1S/C12H18N2OS/c13-7-2-5-12(15)14-10-3-1-4-11-9(10)6-8-16-11/h6,8,10H,1-5,7,13H2,(H,14,15). The maximum atomic E-state index is 11.6. The molecule has 0 aromatic carbocycles. The zero-order chi connectivity index (χ0) is 11.4. The summed E-state index contributed by atoms with van der Waals surface area (Å²) in [4.78, 5) is 13.1. The Hall–Kier alpha value is -0.870. The fourth-order valence-corrected chi connectivity index (χ4v) is 3.15. The van der Waals surface area contributed by atoms with E-state index < -0.39 is 0 Å². The van der Waals surface area contributed by atoms with Gasteiger partial charge in [-0.15, -0.1) is 11.3 Å². The second-order valence-corrected chi connectivity index (χ2v) is 5.20. The number of carbonyl (C=O) groups excluding carboxylic acids is 1. The molecule has 0 fully saturated rings. The summed E-state index contributed by atoms with van der Waals surface area (Å²) in [5.74, 6) is 0.134. The van der Waals surface area contributed by atoms with Crippen LogP contribution < -0.4 is 11.1 Å². The van der Waals surface area contributed by atoms with Gasteiger partial charge in [-0.3, -0.25) is 4.79 Å². The zero-order valence-corrected chi connectivity index (χ0v) is 10.2. The molecule has 1 aromatic heterocycles. The molecule has 1 aliphatic carbocycles. The summed E-state index contributed by atoms with van der Waals surface area (Å²) in [6, 6.07) is 2.38. The van der Waals surface area contributed by atoms with Crippen molar-refractivity contribution in [2.24, 2.45) is 5.73 Å². The van der Waals surface area contributed by atoms with Crippen molar-refractivity contribution < 1.29 is 4.79 Å². The van der Waals surface area contributed by atoms with Crippen LogP contribution in [0, 0.1) is 0 Å². The van der Waals surface area contributed by atoms with E-state index in [4.69, 9.17) is 5.73 Å². The fourth-order valence-electron chi connectivity index (χ4n) is 2.17. The molecule has 4 heteroatoms. The van der Waals surface area contributed by atoms with Crippen molar-refractivity contribution in [3.05, 3.63) is 21.9 Å². The molecule has 0 radical (unpaired) electrons. The minimum absolute atomic E-state index is 0.134. The summed E-state index contributed by atoms with van der Waals surface area (Å²) in [5.41, 5.74) is 6.72. The number of rotatable bonds is 4. The van der Waals surface area contributed by atoms with E-state index in [9.17, 15) is 4.79 Å². The average Bonchev–Trinajstić information content (AvgIpc) is 2.75. The highest BCUT2D eigenvalue weighted by Gasteiger charge is 2.22. The molecule has 1 amide bonds. The Morgan fingerprint density at radius 1 is 1.62 bits per heavy atom. The zero-order valence-electron chi connectivity index (χ0n) is 9.37. The molecule has 0 saturated carbocycles. The van der Waals surface area contributed by atoms with Crippen LogP contribution in [-0.2, 0) is 11.2 Å². The lowest BCUT2D eigenvalue weighted by atomic mass is 9.94. The van der Waals surface area contributed by atoms with E-state index in [0.717, 1.165) is 12.8 Å². The van der Waals surface area contributed by atoms with Crippen molar-refractivity contribution >= 4 is 17.2 Å². The first kappa shape index (κ1) is 11.6. The number of carbonyl (C=O) groups is 1. The minimum Gasteiger partial charge on any atom is -0.349 e. The van der Waals surface area contributed by atoms with Crippen LogP contribution in [0.25, 0.3) is 0 Å². The van der Waals surface area contributed by atoms with Crippen molar-refractivity contribution in [1.82, 2.24) is 5.32 Å². The Labute approximate surface area is 100 Å². The Morgan fingerprint density at radius 2 is 2.50 bits per heavy atom. The van der Waals surface area contributed by atoms with Crippen LogP contribution in [0.3, 0.4) is 0 Å². The first-order valence-electron chi connectivity index (χ1n) is 5.87. The first-order valence-corrected chi connectivity index (χ1v) is 6.75. The number of fused-ring (bicyclic) bond motifs is 1. The molecule has 16 heavy (non-hydrogen) atoms. The summed E-state index contributed by atoms with van der Waals surface area (Å²) in [7, 11) is 0. The minimum atomic E-state index is 0.134. The van der Waals surface area contributed by atoms with Gasteiger partial charge >= 0.3 is 0 Å². The van der Waals surface area contributed by atoms with Gasteiger partial charge < -0.3 is 11.1 Å². The number of aryl methyl sites for hydroxylation is 1. The van der Waals surface area contributed by atoms with Gasteiger partial charge in [-0.05, 0) is 49.2 Å². The van der Waals surface area contributed by atoms with Gasteiger partial charge in [0, 0.05) is 11.3 Å². The van der Waals surface area contributed by atoms with Gasteiger partial charge in [0.25, 0.3) is 0 Å². The van der Waals surface area contributed by atoms with Crippen molar-refractivity contribution in [2.45, 2.75) is 38.1 Å². The lowest BCUT2D eigenvalue weighted by Crippen LogP contribution is -2.30. The highest BCUT2D eigenvalue weighted by Crippen LogP contribution is 2.33. The maximum absolute atomic E-state index is 11.6. The monoisotopic (exact) mass is 238 g/mol. The van der Waals surface area contributed by atoms with Crippen molar-refractivity contribution in [3.8, 4) is 0 Å². The van der Waals surface area contributed by atoms with E-state index in [1.54, 1.807) is 11.3 Å². The van der Waals surface area contributed by atoms with Crippen molar-refractivity contribution in [2.75, 3.05) is 6.54 Å². The van der Waals surface area contributed by atoms with E-state index in [2.05, 4.69) is 16.8 Å². The fraction of sp³-hybridized carbons (Fsp3) is 0.583. The largest absolute Gasteiger partial charge is 0.349 e. The summed E-state index contributed by atoms with van der Waals surface area (Å²) in [6.45, 7) is 0.585. The SMILES string of the molecule is NCCCC(=O)NC1CCCc2sccc21. The molecular weight excluding hydrogens is 220 g/mol. The Kier molecular flexibility index (Phi) is 3.96. The highest BCUT2D eigenvalue weighted by molar-refractivity contribution is 7.10. The van der Waals surface area contributed by atoms with Gasteiger partial charge in [0.15, 0.2) is 0 Å². The van der Waals surface area contributed by atoms with Crippen LogP contribution >= 0.6 is 11.3 Å². The lowest BCUT2D eigenvalue weighted by molar-refractivity contribution is -0.122. The second-order valence-electron chi connectivity index (χ2n) is 4.20. The molecule has 0 saturated heterocycles. The average molecular weight is 238 g/mol. The molecule has 3 N–H and O–H groups in total. The van der Waals surface area contributed by atoms with Crippen LogP contribution in [0.15, 0.2) is 11.4 Å². The van der Waals surface area contributed by atoms with Gasteiger partial charge in [0.1, 0.15) is 0 Å². The van der Waals surface area contributed by atoms with Crippen molar-refractivity contribution in [1.29, 1.82) is 0 Å². The molecule has 1 atom stereocenters. The summed E-state index contributed by atoms with van der Waals surface area (Å²) in [6.07, 6.45) is 4.73. The summed E-state index contributed by atoms with van der Waals surface area (Å²) >= 11 is 1.80. The van der Waals surface area contributed by atoms with Gasteiger partial charge in [0.05, 0.1) is 6.04 Å². The van der Waals surface area contributed by atoms with Crippen LogP contribution in [0.2, 0.25) is 0 Å². The van der Waals surface area contributed by atoms with Crippen LogP contribution in [0.4, 0.5) is 0 Å². The van der Waals surface area contributed by atoms with Gasteiger partial charge in [-0.2, -0.15) is 0 Å². The molecule has 1 heterocycles. The molecule has 1 aliphatic rings. The van der Waals surface area contributed by atoms with Gasteiger partial charge in [-0.25, -0.2) is 0 Å². The van der Waals surface area contributed by atoms with E-state index >= 15 is 0 Å². The Bertz CT molecular complexity index is 362. The van der Waals surface area contributed by atoms with Gasteiger partial charge in [-0.1, -0.05) is 0 Å². The number of nitrogens with two attached hydrogens (primary N) is 1. The number of nitrogens with one attached hydrogen (secondary N) is 1. The third kappa shape index (κ3) is 2.62. The van der Waals surface area contributed by atoms with E-state index in [1.165, 1.54) is 23.3 Å². The van der Waals surface area contributed by atoms with E-state index in [1.807, 2.05) is 0 Å². The summed E-state index contributed by atoms with van der Waals surface area (Å²) < 4.78 is 0. The van der Waals surface area contributed by atoms with Gasteiger partial charge in [0.2, 0.25) is 5.91 Å². The van der Waals surface area contributed by atoms with Crippen molar-refractivity contribution in [3.63, 3.8) is 0 Å². The van der Waals surface area contributed by atoms with Crippen LogP contribution in [-0.4, -0.2) is 12.5 Å². The van der Waals surface area contributed by atoms with Crippen LogP contribution in [0.5, 0.6) is 0 Å². The molecule has 0 aliphatic heterocycles. The van der Waals surface area contributed by atoms with E-state index in [0.29, 0.717) is 13.0 Å².